The van der Waals surface area contributed by atoms with E-state index in [1.165, 1.54) is 13.2 Å². The van der Waals surface area contributed by atoms with Crippen LogP contribution in [0.4, 0.5) is 0 Å². The Morgan fingerprint density at radius 3 is 2.72 bits per heavy atom. The van der Waals surface area contributed by atoms with Crippen molar-refractivity contribution in [2.45, 2.75) is 17.9 Å². The standard InChI is InChI=1S/C11H16BrNO3S2/c1-8(7-17-3)13-18(14,15)11-6-9(12)4-5-10(11)16-2/h4-6,8,13H,7H2,1-3H3. The van der Waals surface area contributed by atoms with Crippen LogP contribution < -0.4 is 9.46 Å². The molecule has 1 N–H and O–H groups in total. The maximum absolute atomic E-state index is 12.2. The topological polar surface area (TPSA) is 55.4 Å². The van der Waals surface area contributed by atoms with Crippen molar-refractivity contribution in [1.29, 1.82) is 0 Å². The summed E-state index contributed by atoms with van der Waals surface area (Å²) in [7, 11) is -2.11. The van der Waals surface area contributed by atoms with Crippen molar-refractivity contribution >= 4 is 37.7 Å². The van der Waals surface area contributed by atoms with Crippen molar-refractivity contribution in [2.75, 3.05) is 19.1 Å². The molecule has 0 fully saturated rings. The van der Waals surface area contributed by atoms with Gasteiger partial charge in [0.2, 0.25) is 10.0 Å². The van der Waals surface area contributed by atoms with Gasteiger partial charge in [-0.25, -0.2) is 13.1 Å². The van der Waals surface area contributed by atoms with Crippen molar-refractivity contribution in [1.82, 2.24) is 4.72 Å². The second-order valence-electron chi connectivity index (χ2n) is 3.77. The monoisotopic (exact) mass is 353 g/mol. The third-order valence-electron chi connectivity index (χ3n) is 2.19. The largest absolute Gasteiger partial charge is 0.495 e. The molecule has 18 heavy (non-hydrogen) atoms. The predicted octanol–water partition coefficient (Wildman–Crippen LogP) is 2.49. The number of hydrogen-bond acceptors (Lipinski definition) is 4. The Labute approximate surface area is 121 Å². The van der Waals surface area contributed by atoms with Gasteiger partial charge in [-0.3, -0.25) is 0 Å². The van der Waals surface area contributed by atoms with Crippen LogP contribution in [0, 0.1) is 0 Å². The molecule has 4 nitrogen and oxygen atoms in total. The summed E-state index contributed by atoms with van der Waals surface area (Å²) in [5.74, 6) is 1.05. The molecule has 102 valence electrons. The summed E-state index contributed by atoms with van der Waals surface area (Å²) >= 11 is 4.85. The van der Waals surface area contributed by atoms with Crippen molar-refractivity contribution < 1.29 is 13.2 Å². The second kappa shape index (κ2) is 6.79. The van der Waals surface area contributed by atoms with Gasteiger partial charge in [-0.2, -0.15) is 11.8 Å². The van der Waals surface area contributed by atoms with E-state index in [0.717, 1.165) is 5.75 Å². The second-order valence-corrected chi connectivity index (χ2v) is 7.28. The Morgan fingerprint density at radius 1 is 1.50 bits per heavy atom. The molecule has 0 spiro atoms. The highest BCUT2D eigenvalue weighted by molar-refractivity contribution is 9.10. The highest BCUT2D eigenvalue weighted by Crippen LogP contribution is 2.27. The number of hydrogen-bond donors (Lipinski definition) is 1. The van der Waals surface area contributed by atoms with Crippen LogP contribution >= 0.6 is 27.7 Å². The lowest BCUT2D eigenvalue weighted by Crippen LogP contribution is -2.34. The van der Waals surface area contributed by atoms with Crippen LogP contribution in [0.1, 0.15) is 6.92 Å². The van der Waals surface area contributed by atoms with E-state index in [1.54, 1.807) is 23.9 Å². The molecule has 0 radical (unpaired) electrons. The fraction of sp³-hybridized carbons (Fsp3) is 0.455. The minimum atomic E-state index is -3.57. The van der Waals surface area contributed by atoms with Gasteiger partial charge < -0.3 is 4.74 Å². The first kappa shape index (κ1) is 15.8. The fourth-order valence-electron chi connectivity index (χ4n) is 1.47. The highest BCUT2D eigenvalue weighted by atomic mass is 79.9. The molecule has 0 aliphatic carbocycles. The van der Waals surface area contributed by atoms with Gasteiger partial charge in [-0.05, 0) is 31.4 Å². The van der Waals surface area contributed by atoms with Crippen molar-refractivity contribution in [3.63, 3.8) is 0 Å². The molecule has 1 aromatic rings. The first-order chi connectivity index (χ1) is 8.40. The van der Waals surface area contributed by atoms with Crippen LogP contribution in [0.2, 0.25) is 0 Å². The van der Waals surface area contributed by atoms with E-state index in [4.69, 9.17) is 4.74 Å². The van der Waals surface area contributed by atoms with Crippen LogP contribution in [0.25, 0.3) is 0 Å². The van der Waals surface area contributed by atoms with Gasteiger partial charge in [-0.15, -0.1) is 0 Å². The normalized spacial score (nSPS) is 13.3. The van der Waals surface area contributed by atoms with Crippen LogP contribution in [-0.2, 0) is 10.0 Å². The first-order valence-electron chi connectivity index (χ1n) is 5.25. The molecule has 1 rings (SSSR count). The minimum absolute atomic E-state index is 0.131. The molecule has 0 aromatic heterocycles. The lowest BCUT2D eigenvalue weighted by atomic mass is 10.3. The quantitative estimate of drug-likeness (QED) is 0.853. The zero-order valence-corrected chi connectivity index (χ0v) is 13.7. The molecule has 0 bridgehead atoms. The lowest BCUT2D eigenvalue weighted by molar-refractivity contribution is 0.402. The van der Waals surface area contributed by atoms with E-state index in [1.807, 2.05) is 13.2 Å². The summed E-state index contributed by atoms with van der Waals surface area (Å²) in [4.78, 5) is 0.146. The molecular formula is C11H16BrNO3S2. The number of benzene rings is 1. The van der Waals surface area contributed by atoms with E-state index in [0.29, 0.717) is 10.2 Å². The van der Waals surface area contributed by atoms with Gasteiger partial charge in [0.1, 0.15) is 10.6 Å². The summed E-state index contributed by atoms with van der Waals surface area (Å²) in [5, 5.41) is 0. The summed E-state index contributed by atoms with van der Waals surface area (Å²) in [6.07, 6.45) is 1.94. The van der Waals surface area contributed by atoms with Crippen molar-refractivity contribution in [3.05, 3.63) is 22.7 Å². The Morgan fingerprint density at radius 2 is 2.17 bits per heavy atom. The van der Waals surface area contributed by atoms with Gasteiger partial charge >= 0.3 is 0 Å². The van der Waals surface area contributed by atoms with Crippen LogP contribution in [-0.4, -0.2) is 33.6 Å². The minimum Gasteiger partial charge on any atom is -0.495 e. The number of ether oxygens (including phenoxy) is 1. The number of thioether (sulfide) groups is 1. The zero-order chi connectivity index (χ0) is 13.8. The number of methoxy groups -OCH3 is 1. The number of nitrogens with one attached hydrogen (secondary N) is 1. The maximum Gasteiger partial charge on any atom is 0.244 e. The van der Waals surface area contributed by atoms with Gasteiger partial charge in [0.05, 0.1) is 7.11 Å². The Kier molecular flexibility index (Phi) is 5.97. The Balaban J connectivity index is 3.07. The smallest absolute Gasteiger partial charge is 0.244 e. The molecule has 0 heterocycles. The van der Waals surface area contributed by atoms with E-state index >= 15 is 0 Å². The summed E-state index contributed by atoms with van der Waals surface area (Å²) in [6, 6.07) is 4.77. The fourth-order valence-corrected chi connectivity index (χ4v) is 4.11. The molecule has 0 aliphatic heterocycles. The molecular weight excluding hydrogens is 338 g/mol. The van der Waals surface area contributed by atoms with E-state index < -0.39 is 10.0 Å². The van der Waals surface area contributed by atoms with Gasteiger partial charge in [0, 0.05) is 16.3 Å². The molecule has 1 aromatic carbocycles. The summed E-state index contributed by atoms with van der Waals surface area (Å²) in [6.45, 7) is 1.83. The Bertz CT molecular complexity index is 505. The molecule has 7 heteroatoms. The van der Waals surface area contributed by atoms with Gasteiger partial charge in [0.15, 0.2) is 0 Å². The number of halogens is 1. The first-order valence-corrected chi connectivity index (χ1v) is 8.92. The van der Waals surface area contributed by atoms with E-state index in [2.05, 4.69) is 20.7 Å². The Hall–Kier alpha value is -0.240. The zero-order valence-electron chi connectivity index (χ0n) is 10.4. The lowest BCUT2D eigenvalue weighted by Gasteiger charge is -2.15. The molecule has 0 saturated heterocycles. The molecule has 0 amide bonds. The molecule has 1 unspecified atom stereocenters. The van der Waals surface area contributed by atoms with Crippen LogP contribution in [0.5, 0.6) is 5.75 Å². The van der Waals surface area contributed by atoms with Crippen LogP contribution in [0.3, 0.4) is 0 Å². The summed E-state index contributed by atoms with van der Waals surface area (Å²) < 4.78 is 32.9. The number of rotatable bonds is 6. The predicted molar refractivity (Wildman–Crippen MR) is 78.9 cm³/mol. The molecule has 1 atom stereocenters. The van der Waals surface area contributed by atoms with Gasteiger partial charge in [0.25, 0.3) is 0 Å². The molecule has 0 saturated carbocycles. The van der Waals surface area contributed by atoms with E-state index in [-0.39, 0.29) is 10.9 Å². The van der Waals surface area contributed by atoms with Crippen molar-refractivity contribution in [3.8, 4) is 5.75 Å². The SMILES string of the molecule is COc1ccc(Br)cc1S(=O)(=O)NC(C)CSC. The maximum atomic E-state index is 12.2. The summed E-state index contributed by atoms with van der Waals surface area (Å²) in [5.41, 5.74) is 0. The van der Waals surface area contributed by atoms with Crippen LogP contribution in [0.15, 0.2) is 27.6 Å². The third kappa shape index (κ3) is 4.15. The average Bonchev–Trinajstić information content (AvgIpc) is 2.28. The average molecular weight is 354 g/mol. The molecule has 0 aliphatic rings. The third-order valence-corrected chi connectivity index (χ3v) is 5.13. The van der Waals surface area contributed by atoms with Gasteiger partial charge in [-0.1, -0.05) is 15.9 Å². The van der Waals surface area contributed by atoms with E-state index in [9.17, 15) is 8.42 Å². The number of sulfonamides is 1. The highest BCUT2D eigenvalue weighted by Gasteiger charge is 2.21. The van der Waals surface area contributed by atoms with Crippen molar-refractivity contribution in [2.24, 2.45) is 0 Å².